The minimum absolute atomic E-state index is 0.0175. The predicted molar refractivity (Wildman–Crippen MR) is 61.9 cm³/mol. The first-order valence-electron chi connectivity index (χ1n) is 4.93. The minimum atomic E-state index is -0.0175. The maximum atomic E-state index is 11.8. The summed E-state index contributed by atoms with van der Waals surface area (Å²) in [7, 11) is 0. The van der Waals surface area contributed by atoms with Crippen molar-refractivity contribution in [3.05, 3.63) is 27.1 Å². The predicted octanol–water partition coefficient (Wildman–Crippen LogP) is 1.54. The average molecular weight is 273 g/mol. The molecule has 1 aromatic rings. The van der Waals surface area contributed by atoms with E-state index in [1.165, 1.54) is 0 Å². The first kappa shape index (κ1) is 10.7. The van der Waals surface area contributed by atoms with Crippen molar-refractivity contribution in [1.29, 1.82) is 0 Å². The van der Waals surface area contributed by atoms with Crippen LogP contribution in [0.4, 0.5) is 5.69 Å². The van der Waals surface area contributed by atoms with Crippen LogP contribution in [0.3, 0.4) is 0 Å². The first-order valence-corrected chi connectivity index (χ1v) is 5.72. The number of nitrogens with two attached hydrogens (primary N) is 1. The van der Waals surface area contributed by atoms with E-state index in [2.05, 4.69) is 15.9 Å². The Morgan fingerprint density at radius 1 is 1.47 bits per heavy atom. The SMILES string of the molecule is Nc1cc(Br)c(=O)n(C2CCOCC2)c1. The number of rotatable bonds is 1. The van der Waals surface area contributed by atoms with Crippen molar-refractivity contribution in [2.24, 2.45) is 0 Å². The molecule has 15 heavy (non-hydrogen) atoms. The average Bonchev–Trinajstić information content (AvgIpc) is 2.24. The van der Waals surface area contributed by atoms with Gasteiger partial charge in [-0.1, -0.05) is 0 Å². The number of nitrogen functional groups attached to an aromatic ring is 1. The third kappa shape index (κ3) is 2.23. The third-order valence-corrected chi connectivity index (χ3v) is 3.17. The summed E-state index contributed by atoms with van der Waals surface area (Å²) < 4.78 is 7.50. The van der Waals surface area contributed by atoms with Gasteiger partial charge in [0.1, 0.15) is 0 Å². The Balaban J connectivity index is 2.38. The summed E-state index contributed by atoms with van der Waals surface area (Å²) >= 11 is 3.22. The lowest BCUT2D eigenvalue weighted by molar-refractivity contribution is 0.0686. The zero-order valence-corrected chi connectivity index (χ0v) is 9.87. The molecule has 2 heterocycles. The van der Waals surface area contributed by atoms with E-state index in [0.29, 0.717) is 23.4 Å². The summed E-state index contributed by atoms with van der Waals surface area (Å²) in [6.07, 6.45) is 3.45. The van der Waals surface area contributed by atoms with Gasteiger partial charge in [-0.3, -0.25) is 4.79 Å². The van der Waals surface area contributed by atoms with Crippen LogP contribution in [-0.2, 0) is 4.74 Å². The van der Waals surface area contributed by atoms with Gasteiger partial charge >= 0.3 is 0 Å². The highest BCUT2D eigenvalue weighted by Crippen LogP contribution is 2.21. The van der Waals surface area contributed by atoms with Gasteiger partial charge in [0.05, 0.1) is 4.47 Å². The molecule has 5 heteroatoms. The van der Waals surface area contributed by atoms with Crippen LogP contribution in [0, 0.1) is 0 Å². The number of ether oxygens (including phenoxy) is 1. The number of nitrogens with zero attached hydrogens (tertiary/aromatic N) is 1. The smallest absolute Gasteiger partial charge is 0.265 e. The summed E-state index contributed by atoms with van der Waals surface area (Å²) in [6, 6.07) is 1.85. The van der Waals surface area contributed by atoms with E-state index >= 15 is 0 Å². The topological polar surface area (TPSA) is 57.2 Å². The molecule has 1 aliphatic heterocycles. The Hall–Kier alpha value is -0.810. The molecule has 1 fully saturated rings. The second-order valence-corrected chi connectivity index (χ2v) is 4.53. The lowest BCUT2D eigenvalue weighted by Gasteiger charge is -2.24. The number of hydrogen-bond acceptors (Lipinski definition) is 3. The number of anilines is 1. The Labute approximate surface area is 96.2 Å². The molecule has 1 aromatic heterocycles. The van der Waals surface area contributed by atoms with Crippen LogP contribution in [0.5, 0.6) is 0 Å². The van der Waals surface area contributed by atoms with Crippen molar-refractivity contribution in [1.82, 2.24) is 4.57 Å². The van der Waals surface area contributed by atoms with Gasteiger partial charge in [-0.15, -0.1) is 0 Å². The van der Waals surface area contributed by atoms with E-state index < -0.39 is 0 Å². The summed E-state index contributed by atoms with van der Waals surface area (Å²) in [5.74, 6) is 0. The molecule has 0 spiro atoms. The zero-order valence-electron chi connectivity index (χ0n) is 8.28. The summed E-state index contributed by atoms with van der Waals surface area (Å²) in [5.41, 5.74) is 6.30. The fraction of sp³-hybridized carbons (Fsp3) is 0.500. The fourth-order valence-electron chi connectivity index (χ4n) is 1.82. The van der Waals surface area contributed by atoms with E-state index in [1.807, 2.05) is 0 Å². The summed E-state index contributed by atoms with van der Waals surface area (Å²) in [5, 5.41) is 0. The fourth-order valence-corrected chi connectivity index (χ4v) is 2.29. The van der Waals surface area contributed by atoms with Crippen molar-refractivity contribution in [3.8, 4) is 0 Å². The van der Waals surface area contributed by atoms with E-state index in [0.717, 1.165) is 12.8 Å². The van der Waals surface area contributed by atoms with Gasteiger partial charge in [0.25, 0.3) is 5.56 Å². The molecule has 4 nitrogen and oxygen atoms in total. The summed E-state index contributed by atoms with van der Waals surface area (Å²) in [4.78, 5) is 11.8. The highest BCUT2D eigenvalue weighted by molar-refractivity contribution is 9.10. The first-order chi connectivity index (χ1) is 7.18. The number of hydrogen-bond donors (Lipinski definition) is 1. The molecule has 0 bridgehead atoms. The van der Waals surface area contributed by atoms with Gasteiger partial charge in [0.15, 0.2) is 0 Å². The molecule has 0 saturated carbocycles. The Morgan fingerprint density at radius 3 is 2.80 bits per heavy atom. The van der Waals surface area contributed by atoms with Crippen molar-refractivity contribution in [3.63, 3.8) is 0 Å². The lowest BCUT2D eigenvalue weighted by atomic mass is 10.1. The van der Waals surface area contributed by atoms with E-state index in [1.54, 1.807) is 16.8 Å². The highest BCUT2D eigenvalue weighted by Gasteiger charge is 2.17. The molecule has 0 radical (unpaired) electrons. The van der Waals surface area contributed by atoms with Crippen LogP contribution < -0.4 is 11.3 Å². The van der Waals surface area contributed by atoms with Crippen LogP contribution >= 0.6 is 15.9 Å². The normalized spacial score (nSPS) is 17.9. The molecular formula is C10H13BrN2O2. The molecule has 2 N–H and O–H groups in total. The molecule has 2 rings (SSSR count). The Morgan fingerprint density at radius 2 is 2.13 bits per heavy atom. The molecular weight excluding hydrogens is 260 g/mol. The molecule has 0 aromatic carbocycles. The zero-order chi connectivity index (χ0) is 10.8. The van der Waals surface area contributed by atoms with Crippen LogP contribution in [-0.4, -0.2) is 17.8 Å². The minimum Gasteiger partial charge on any atom is -0.398 e. The molecule has 1 aliphatic rings. The third-order valence-electron chi connectivity index (χ3n) is 2.60. The van der Waals surface area contributed by atoms with Gasteiger partial charge in [0.2, 0.25) is 0 Å². The summed E-state index contributed by atoms with van der Waals surface area (Å²) in [6.45, 7) is 1.42. The maximum absolute atomic E-state index is 11.8. The van der Waals surface area contributed by atoms with Gasteiger partial charge in [-0.05, 0) is 34.8 Å². The van der Waals surface area contributed by atoms with Crippen molar-refractivity contribution >= 4 is 21.6 Å². The lowest BCUT2D eigenvalue weighted by Crippen LogP contribution is -2.29. The second-order valence-electron chi connectivity index (χ2n) is 3.68. The van der Waals surface area contributed by atoms with Crippen LogP contribution in [0.2, 0.25) is 0 Å². The Kier molecular flexibility index (Phi) is 3.11. The molecule has 0 aliphatic carbocycles. The largest absolute Gasteiger partial charge is 0.398 e. The van der Waals surface area contributed by atoms with Crippen molar-refractivity contribution < 1.29 is 4.74 Å². The number of pyridine rings is 1. The second kappa shape index (κ2) is 4.37. The molecule has 0 unspecified atom stereocenters. The molecule has 0 atom stereocenters. The monoisotopic (exact) mass is 272 g/mol. The molecule has 82 valence electrons. The number of halogens is 1. The van der Waals surface area contributed by atoms with Crippen molar-refractivity contribution in [2.45, 2.75) is 18.9 Å². The van der Waals surface area contributed by atoms with Crippen molar-refractivity contribution in [2.75, 3.05) is 18.9 Å². The quantitative estimate of drug-likeness (QED) is 0.844. The standard InChI is InChI=1S/C10H13BrN2O2/c11-9-5-7(12)6-13(10(9)14)8-1-3-15-4-2-8/h5-6,8H,1-4,12H2. The van der Waals surface area contributed by atoms with Crippen LogP contribution in [0.1, 0.15) is 18.9 Å². The van der Waals surface area contributed by atoms with E-state index in [9.17, 15) is 4.79 Å². The molecule has 1 saturated heterocycles. The van der Waals surface area contributed by atoms with Crippen LogP contribution in [0.25, 0.3) is 0 Å². The van der Waals surface area contributed by atoms with Gasteiger partial charge in [-0.25, -0.2) is 0 Å². The maximum Gasteiger partial charge on any atom is 0.265 e. The van der Waals surface area contributed by atoms with Gasteiger partial charge in [0, 0.05) is 31.1 Å². The van der Waals surface area contributed by atoms with E-state index in [-0.39, 0.29) is 11.6 Å². The van der Waals surface area contributed by atoms with Crippen LogP contribution in [0.15, 0.2) is 21.5 Å². The number of aromatic nitrogens is 1. The van der Waals surface area contributed by atoms with E-state index in [4.69, 9.17) is 10.5 Å². The van der Waals surface area contributed by atoms with Gasteiger partial charge < -0.3 is 15.0 Å². The molecule has 0 amide bonds. The van der Waals surface area contributed by atoms with Gasteiger partial charge in [-0.2, -0.15) is 0 Å². The Bertz CT molecular complexity index is 410. The highest BCUT2D eigenvalue weighted by atomic mass is 79.9.